The number of aromatic nitrogens is 4. The lowest BCUT2D eigenvalue weighted by atomic mass is 10.0. The molecule has 8 heteroatoms. The average molecular weight is 795 g/mol. The lowest BCUT2D eigenvalue weighted by Crippen LogP contribution is -1.91. The van der Waals surface area contributed by atoms with Crippen molar-refractivity contribution in [3.63, 3.8) is 0 Å². The third-order valence-corrected chi connectivity index (χ3v) is 11.6. The van der Waals surface area contributed by atoms with Crippen LogP contribution in [0.15, 0.2) is 121 Å². The fourth-order valence-electron chi connectivity index (χ4n) is 7.69. The Morgan fingerprint density at radius 1 is 0.339 bits per heavy atom. The number of hydrogen-bond acceptors (Lipinski definition) is 6. The Hall–Kier alpha value is -5.12. The zero-order chi connectivity index (χ0) is 38.2. The number of fused-ring (bicyclic) bond motifs is 8. The van der Waals surface area contributed by atoms with Crippen LogP contribution >= 0.6 is 0 Å². The number of nitrogens with one attached hydrogen (secondary N) is 2. The maximum Gasteiger partial charge on any atom is 0.0737 e. The third kappa shape index (κ3) is 6.96. The molecule has 0 radical (unpaired) electrons. The lowest BCUT2D eigenvalue weighted by Gasteiger charge is -2.11. The fraction of sp³-hybridized carbons (Fsp3) is 0.0833. The molecule has 56 heavy (non-hydrogen) atoms. The smallest absolute Gasteiger partial charge is 0.0737 e. The van der Waals surface area contributed by atoms with Crippen LogP contribution in [0.3, 0.4) is 0 Å². The first-order valence-electron chi connectivity index (χ1n) is 18.4. The van der Waals surface area contributed by atoms with Gasteiger partial charge in [-0.2, -0.15) is 23.0 Å². The molecule has 0 atom stereocenters. The van der Waals surface area contributed by atoms with E-state index in [2.05, 4.69) is 156 Å². The minimum Gasteiger partial charge on any atom is -0.788 e. The van der Waals surface area contributed by atoms with E-state index in [-0.39, 0.29) is 0 Å². The summed E-state index contributed by atoms with van der Waals surface area (Å²) in [5.74, 6) is 2.06. The Bertz CT molecular complexity index is 2500. The van der Waals surface area contributed by atoms with Crippen LogP contribution in [-0.4, -0.2) is 19.9 Å². The highest BCUT2D eigenvalue weighted by molar-refractivity contribution is 7.58. The molecule has 0 saturated heterocycles. The van der Waals surface area contributed by atoms with Gasteiger partial charge in [-0.1, -0.05) is 119 Å². The summed E-state index contributed by atoms with van der Waals surface area (Å²) in [6.45, 7) is 0. The zero-order valence-electron chi connectivity index (χ0n) is 30.2. The minimum absolute atomic E-state index is 0.516. The van der Waals surface area contributed by atoms with Gasteiger partial charge in [-0.25, -0.2) is 9.97 Å². The van der Waals surface area contributed by atoms with Crippen LogP contribution in [0.2, 0.25) is 0 Å². The molecular weight excluding hydrogens is 761 g/mol. The van der Waals surface area contributed by atoms with Crippen molar-refractivity contribution in [3.05, 3.63) is 166 Å². The molecule has 9 rings (SSSR count). The Labute approximate surface area is 348 Å². The highest BCUT2D eigenvalue weighted by atomic mass is 32.1. The quantitative estimate of drug-likeness (QED) is 0.149. The van der Waals surface area contributed by atoms with Crippen LogP contribution in [0.1, 0.15) is 45.0 Å². The fourth-order valence-corrected chi connectivity index (χ4v) is 8.40. The van der Waals surface area contributed by atoms with Crippen molar-refractivity contribution in [1.29, 1.82) is 0 Å². The first-order valence-corrected chi connectivity index (χ1v) is 20.7. The van der Waals surface area contributed by atoms with Crippen molar-refractivity contribution in [1.82, 2.24) is 19.9 Å². The van der Waals surface area contributed by atoms with Crippen LogP contribution in [-0.2, 0) is 73.5 Å². The van der Waals surface area contributed by atoms with Gasteiger partial charge in [0.15, 0.2) is 0 Å². The molecule has 0 fully saturated rings. The number of nitrogens with zero attached hydrogens (tertiary/aromatic N) is 2. The predicted octanol–water partition coefficient (Wildman–Crippen LogP) is 11.5. The van der Waals surface area contributed by atoms with E-state index in [9.17, 15) is 0 Å². The molecule has 0 spiro atoms. The first kappa shape index (κ1) is 36.5. The van der Waals surface area contributed by atoms with Gasteiger partial charge in [0.05, 0.1) is 22.8 Å². The van der Waals surface area contributed by atoms with Gasteiger partial charge in [0.1, 0.15) is 0 Å². The molecule has 7 aromatic rings. The van der Waals surface area contributed by atoms with Gasteiger partial charge in [0.25, 0.3) is 0 Å². The molecule has 8 bridgehead atoms. The molecular formula is C48H34N4S4-4. The molecule has 3 aromatic heterocycles. The molecule has 5 heterocycles. The largest absolute Gasteiger partial charge is 0.788 e. The van der Waals surface area contributed by atoms with Crippen molar-refractivity contribution in [2.75, 3.05) is 0 Å². The zero-order valence-corrected chi connectivity index (χ0v) is 33.5. The van der Waals surface area contributed by atoms with Crippen molar-refractivity contribution in [3.8, 4) is 44.5 Å². The van der Waals surface area contributed by atoms with Crippen molar-refractivity contribution >= 4 is 96.9 Å². The summed E-state index contributed by atoms with van der Waals surface area (Å²) in [6.07, 6.45) is 8.46. The number of rotatable bonds is 8. The molecule has 0 unspecified atom stereocenters. The third-order valence-electron chi connectivity index (χ3n) is 10.3. The van der Waals surface area contributed by atoms with Crippen molar-refractivity contribution < 1.29 is 0 Å². The molecule has 2 N–H and O–H groups in total. The number of aromatic amines is 2. The van der Waals surface area contributed by atoms with Crippen molar-refractivity contribution in [2.45, 2.75) is 23.0 Å². The standard InChI is InChI=1S/C48H38N4S4/c53-25-29-5-1-9-33(21-29)45-37-13-15-39(49-37)46(34-10-2-6-30(22-34)26-54)41-17-19-43(51-41)48(36-12-4-8-32(24-36)28-56)44-20-18-42(52-44)47(40-16-14-38(45)50-40)35-11-3-7-31(23-35)27-55/h1-24,49,52-56H,25-28H2/p-4. The van der Waals surface area contributed by atoms with Gasteiger partial charge in [0.2, 0.25) is 0 Å². The first-order chi connectivity index (χ1) is 27.5. The normalized spacial score (nSPS) is 12.1. The van der Waals surface area contributed by atoms with Gasteiger partial charge in [-0.15, -0.1) is 0 Å². The second-order valence-electron chi connectivity index (χ2n) is 13.9. The average Bonchev–Trinajstić information content (AvgIpc) is 4.09. The van der Waals surface area contributed by atoms with Gasteiger partial charge in [-0.05, 0) is 70.8 Å². The van der Waals surface area contributed by atoms with Gasteiger partial charge >= 0.3 is 0 Å². The molecule has 2 aliphatic rings. The van der Waals surface area contributed by atoms with Crippen LogP contribution in [0.25, 0.3) is 90.9 Å². The second-order valence-corrected chi connectivity index (χ2v) is 15.0. The van der Waals surface area contributed by atoms with Crippen molar-refractivity contribution in [2.24, 2.45) is 0 Å². The monoisotopic (exact) mass is 794 g/mol. The van der Waals surface area contributed by atoms with Crippen LogP contribution < -0.4 is 0 Å². The number of hydrogen-bond donors (Lipinski definition) is 2. The van der Waals surface area contributed by atoms with E-state index in [0.29, 0.717) is 23.0 Å². The topological polar surface area (TPSA) is 57.4 Å². The summed E-state index contributed by atoms with van der Waals surface area (Å²) < 4.78 is 0. The highest BCUT2D eigenvalue weighted by Gasteiger charge is 2.19. The summed E-state index contributed by atoms with van der Waals surface area (Å²) in [5.41, 5.74) is 19.5. The highest BCUT2D eigenvalue weighted by Crippen LogP contribution is 2.39. The predicted molar refractivity (Wildman–Crippen MR) is 245 cm³/mol. The maximum absolute atomic E-state index is 5.51. The molecule has 0 saturated carbocycles. The Kier molecular flexibility index (Phi) is 10.3. The van der Waals surface area contributed by atoms with Crippen LogP contribution in [0.5, 0.6) is 0 Å². The summed E-state index contributed by atoms with van der Waals surface area (Å²) >= 11 is 22.0. The summed E-state index contributed by atoms with van der Waals surface area (Å²) in [4.78, 5) is 18.5. The molecule has 2 aliphatic heterocycles. The molecule has 0 aliphatic carbocycles. The van der Waals surface area contributed by atoms with E-state index in [1.165, 1.54) is 0 Å². The lowest BCUT2D eigenvalue weighted by molar-refractivity contribution is 1.30. The van der Waals surface area contributed by atoms with E-state index in [0.717, 1.165) is 112 Å². The van der Waals surface area contributed by atoms with E-state index in [1.807, 2.05) is 0 Å². The van der Waals surface area contributed by atoms with Gasteiger partial charge in [-0.3, -0.25) is 0 Å². The second kappa shape index (κ2) is 15.8. The molecule has 4 nitrogen and oxygen atoms in total. The van der Waals surface area contributed by atoms with E-state index in [4.69, 9.17) is 60.5 Å². The van der Waals surface area contributed by atoms with Crippen LogP contribution in [0, 0.1) is 0 Å². The maximum atomic E-state index is 5.51. The summed E-state index contributed by atoms with van der Waals surface area (Å²) in [6, 6.07) is 42.4. The van der Waals surface area contributed by atoms with Crippen LogP contribution in [0.4, 0.5) is 0 Å². The minimum atomic E-state index is 0.516. The Morgan fingerprint density at radius 3 is 0.821 bits per heavy atom. The SMILES string of the molecule is [S-]Cc1cccc(-c2c3nc(c(-c4cccc(C[S-])c4)c4ccc([nH]4)c(-c4cccc(C[S-])c4)c4nc(c(-c5cccc(C[S-])c5)c5ccc2[nH]5)C=C4)C=C3)c1. The van der Waals surface area contributed by atoms with Gasteiger partial charge in [0, 0.05) is 44.3 Å². The van der Waals surface area contributed by atoms with Gasteiger partial charge < -0.3 is 60.5 Å². The molecule has 4 aromatic carbocycles. The molecule has 274 valence electrons. The summed E-state index contributed by atoms with van der Waals surface area (Å²) in [7, 11) is 0. The van der Waals surface area contributed by atoms with E-state index in [1.54, 1.807) is 0 Å². The van der Waals surface area contributed by atoms with E-state index >= 15 is 0 Å². The number of benzene rings is 4. The summed E-state index contributed by atoms with van der Waals surface area (Å²) in [5, 5.41) is 0. The molecule has 0 amide bonds. The van der Waals surface area contributed by atoms with E-state index < -0.39 is 0 Å². The number of H-pyrrole nitrogens is 2. The Morgan fingerprint density at radius 2 is 0.589 bits per heavy atom. The Balaban J connectivity index is 1.47.